The zero-order valence-corrected chi connectivity index (χ0v) is 10.9. The van der Waals surface area contributed by atoms with E-state index in [9.17, 15) is 0 Å². The van der Waals surface area contributed by atoms with E-state index in [4.69, 9.17) is 10.5 Å². The highest BCUT2D eigenvalue weighted by molar-refractivity contribution is 5.84. The van der Waals surface area contributed by atoms with Gasteiger partial charge in [-0.2, -0.15) is 0 Å². The van der Waals surface area contributed by atoms with Gasteiger partial charge in [0.2, 0.25) is 0 Å². The second kappa shape index (κ2) is 4.31. The van der Waals surface area contributed by atoms with Crippen LogP contribution < -0.4 is 10.5 Å². The molecule has 0 aliphatic heterocycles. The lowest BCUT2D eigenvalue weighted by atomic mass is 10.1. The SMILES string of the molecule is COc1ccc(N)c(-c2nc3c(C)cccc3[nH]2)c1. The maximum atomic E-state index is 6.02. The van der Waals surface area contributed by atoms with Gasteiger partial charge in [0.05, 0.1) is 18.1 Å². The summed E-state index contributed by atoms with van der Waals surface area (Å²) in [5.74, 6) is 1.53. The lowest BCUT2D eigenvalue weighted by Gasteiger charge is -2.05. The molecule has 0 radical (unpaired) electrons. The predicted molar refractivity (Wildman–Crippen MR) is 77.2 cm³/mol. The Balaban J connectivity index is 2.21. The Morgan fingerprint density at radius 2 is 2.05 bits per heavy atom. The van der Waals surface area contributed by atoms with Crippen LogP contribution in [0.15, 0.2) is 36.4 Å². The minimum atomic E-state index is 0.678. The Morgan fingerprint density at radius 1 is 1.21 bits per heavy atom. The van der Waals surface area contributed by atoms with Gasteiger partial charge in [-0.05, 0) is 36.8 Å². The molecule has 19 heavy (non-hydrogen) atoms. The van der Waals surface area contributed by atoms with Crippen LogP contribution in [-0.4, -0.2) is 17.1 Å². The van der Waals surface area contributed by atoms with Crippen molar-refractivity contribution in [3.8, 4) is 17.1 Å². The van der Waals surface area contributed by atoms with E-state index < -0.39 is 0 Å². The van der Waals surface area contributed by atoms with Crippen molar-refractivity contribution >= 4 is 16.7 Å². The number of benzene rings is 2. The van der Waals surface area contributed by atoms with E-state index in [1.165, 1.54) is 0 Å². The van der Waals surface area contributed by atoms with E-state index in [-0.39, 0.29) is 0 Å². The summed E-state index contributed by atoms with van der Waals surface area (Å²) in [7, 11) is 1.64. The molecule has 0 aliphatic rings. The average molecular weight is 253 g/mol. The van der Waals surface area contributed by atoms with Crippen molar-refractivity contribution in [1.82, 2.24) is 9.97 Å². The van der Waals surface area contributed by atoms with Gasteiger partial charge in [-0.1, -0.05) is 12.1 Å². The van der Waals surface area contributed by atoms with Crippen LogP contribution in [0.5, 0.6) is 5.75 Å². The number of aryl methyl sites for hydroxylation is 1. The normalized spacial score (nSPS) is 10.8. The molecule has 1 heterocycles. The highest BCUT2D eigenvalue weighted by atomic mass is 16.5. The van der Waals surface area contributed by atoms with E-state index in [1.54, 1.807) is 7.11 Å². The number of imidazole rings is 1. The first kappa shape index (κ1) is 11.6. The number of hydrogen-bond acceptors (Lipinski definition) is 3. The summed E-state index contributed by atoms with van der Waals surface area (Å²) in [6, 6.07) is 11.6. The summed E-state index contributed by atoms with van der Waals surface area (Å²) in [6.07, 6.45) is 0. The summed E-state index contributed by atoms with van der Waals surface area (Å²) >= 11 is 0. The van der Waals surface area contributed by atoms with Crippen LogP contribution in [0.4, 0.5) is 5.69 Å². The third kappa shape index (κ3) is 1.91. The Morgan fingerprint density at radius 3 is 2.79 bits per heavy atom. The fourth-order valence-corrected chi connectivity index (χ4v) is 2.17. The molecule has 3 rings (SSSR count). The number of nitrogens with zero attached hydrogens (tertiary/aromatic N) is 1. The number of para-hydroxylation sites is 1. The number of H-pyrrole nitrogens is 1. The van der Waals surface area contributed by atoms with Crippen molar-refractivity contribution in [2.24, 2.45) is 0 Å². The van der Waals surface area contributed by atoms with Gasteiger partial charge in [0, 0.05) is 11.3 Å². The lowest BCUT2D eigenvalue weighted by Crippen LogP contribution is -1.93. The quantitative estimate of drug-likeness (QED) is 0.690. The smallest absolute Gasteiger partial charge is 0.140 e. The molecule has 0 unspecified atom stereocenters. The maximum Gasteiger partial charge on any atom is 0.140 e. The minimum Gasteiger partial charge on any atom is -0.497 e. The molecule has 3 N–H and O–H groups in total. The van der Waals surface area contributed by atoms with Crippen molar-refractivity contribution in [2.75, 3.05) is 12.8 Å². The standard InChI is InChI=1S/C15H15N3O/c1-9-4-3-5-13-14(9)18-15(17-13)11-8-10(19-2)6-7-12(11)16/h3-8H,16H2,1-2H3,(H,17,18). The number of ether oxygens (including phenoxy) is 1. The zero-order chi connectivity index (χ0) is 13.4. The maximum absolute atomic E-state index is 6.02. The molecular formula is C15H15N3O. The van der Waals surface area contributed by atoms with Crippen molar-refractivity contribution in [2.45, 2.75) is 6.92 Å². The first-order valence-electron chi connectivity index (χ1n) is 6.08. The second-order valence-corrected chi connectivity index (χ2v) is 4.51. The van der Waals surface area contributed by atoms with Crippen LogP contribution in [0.25, 0.3) is 22.4 Å². The molecule has 3 aromatic rings. The summed E-state index contributed by atoms with van der Waals surface area (Å²) in [6.45, 7) is 2.04. The Labute approximate surface area is 111 Å². The number of anilines is 1. The van der Waals surface area contributed by atoms with Gasteiger partial charge in [-0.3, -0.25) is 0 Å². The van der Waals surface area contributed by atoms with E-state index in [0.29, 0.717) is 5.69 Å². The summed E-state index contributed by atoms with van der Waals surface area (Å²) in [5, 5.41) is 0. The van der Waals surface area contributed by atoms with Gasteiger partial charge in [0.25, 0.3) is 0 Å². The van der Waals surface area contributed by atoms with Crippen LogP contribution in [0.2, 0.25) is 0 Å². The van der Waals surface area contributed by atoms with Gasteiger partial charge in [0.1, 0.15) is 11.6 Å². The summed E-state index contributed by atoms with van der Waals surface area (Å²) in [5.41, 5.74) is 10.7. The number of nitrogens with two attached hydrogens (primary N) is 1. The summed E-state index contributed by atoms with van der Waals surface area (Å²) in [4.78, 5) is 7.93. The van der Waals surface area contributed by atoms with Crippen LogP contribution in [0, 0.1) is 6.92 Å². The highest BCUT2D eigenvalue weighted by Crippen LogP contribution is 2.29. The van der Waals surface area contributed by atoms with Crippen molar-refractivity contribution in [3.05, 3.63) is 42.0 Å². The number of aromatic nitrogens is 2. The molecule has 4 nitrogen and oxygen atoms in total. The molecule has 0 aliphatic carbocycles. The molecule has 2 aromatic carbocycles. The molecule has 0 fully saturated rings. The first-order valence-corrected chi connectivity index (χ1v) is 6.08. The highest BCUT2D eigenvalue weighted by Gasteiger charge is 2.10. The predicted octanol–water partition coefficient (Wildman–Crippen LogP) is 3.13. The molecule has 0 amide bonds. The molecular weight excluding hydrogens is 238 g/mol. The number of hydrogen-bond donors (Lipinski definition) is 2. The van der Waals surface area contributed by atoms with E-state index in [1.807, 2.05) is 43.3 Å². The largest absolute Gasteiger partial charge is 0.497 e. The Kier molecular flexibility index (Phi) is 2.63. The van der Waals surface area contributed by atoms with Gasteiger partial charge in [0.15, 0.2) is 0 Å². The molecule has 4 heteroatoms. The monoisotopic (exact) mass is 253 g/mol. The van der Waals surface area contributed by atoms with Crippen LogP contribution >= 0.6 is 0 Å². The number of fused-ring (bicyclic) bond motifs is 1. The van der Waals surface area contributed by atoms with E-state index in [0.717, 1.165) is 33.7 Å². The van der Waals surface area contributed by atoms with Crippen molar-refractivity contribution < 1.29 is 4.74 Å². The van der Waals surface area contributed by atoms with Crippen LogP contribution in [-0.2, 0) is 0 Å². The molecule has 0 spiro atoms. The van der Waals surface area contributed by atoms with Crippen molar-refractivity contribution in [1.29, 1.82) is 0 Å². The minimum absolute atomic E-state index is 0.678. The third-order valence-corrected chi connectivity index (χ3v) is 3.23. The summed E-state index contributed by atoms with van der Waals surface area (Å²) < 4.78 is 5.23. The Bertz CT molecular complexity index is 746. The molecule has 1 aromatic heterocycles. The molecule has 0 saturated heterocycles. The zero-order valence-electron chi connectivity index (χ0n) is 10.9. The fourth-order valence-electron chi connectivity index (χ4n) is 2.17. The van der Waals surface area contributed by atoms with Gasteiger partial charge in [-0.25, -0.2) is 4.98 Å². The number of rotatable bonds is 2. The van der Waals surface area contributed by atoms with Gasteiger partial charge in [-0.15, -0.1) is 0 Å². The number of aromatic amines is 1. The lowest BCUT2D eigenvalue weighted by molar-refractivity contribution is 0.415. The van der Waals surface area contributed by atoms with Crippen molar-refractivity contribution in [3.63, 3.8) is 0 Å². The average Bonchev–Trinajstić information content (AvgIpc) is 2.84. The molecule has 0 saturated carbocycles. The third-order valence-electron chi connectivity index (χ3n) is 3.23. The van der Waals surface area contributed by atoms with Crippen LogP contribution in [0.3, 0.4) is 0 Å². The molecule has 96 valence electrons. The van der Waals surface area contributed by atoms with Gasteiger partial charge < -0.3 is 15.5 Å². The van der Waals surface area contributed by atoms with E-state index in [2.05, 4.69) is 9.97 Å². The van der Waals surface area contributed by atoms with E-state index >= 15 is 0 Å². The molecule has 0 bridgehead atoms. The number of nitrogens with one attached hydrogen (secondary N) is 1. The Hall–Kier alpha value is -2.49. The molecule has 0 atom stereocenters. The van der Waals surface area contributed by atoms with Crippen LogP contribution in [0.1, 0.15) is 5.56 Å². The van der Waals surface area contributed by atoms with Gasteiger partial charge >= 0.3 is 0 Å². The second-order valence-electron chi connectivity index (χ2n) is 4.51. The number of nitrogen functional groups attached to an aromatic ring is 1. The topological polar surface area (TPSA) is 63.9 Å². The first-order chi connectivity index (χ1) is 9.19. The number of methoxy groups -OCH3 is 1. The fraction of sp³-hybridized carbons (Fsp3) is 0.133.